The number of phenols is 1. The van der Waals surface area contributed by atoms with Crippen molar-refractivity contribution < 1.29 is 15.0 Å². The molecule has 0 amide bonds. The molecule has 1 aromatic rings. The Hall–Kier alpha value is -1.99. The molecule has 96 valence electrons. The molecule has 0 aliphatic heterocycles. The van der Waals surface area contributed by atoms with Crippen LogP contribution >= 0.6 is 0 Å². The quantitative estimate of drug-likeness (QED) is 0.775. The lowest BCUT2D eigenvalue weighted by Crippen LogP contribution is -2.29. The molecule has 0 atom stereocenters. The van der Waals surface area contributed by atoms with E-state index in [1.165, 1.54) is 0 Å². The Morgan fingerprint density at radius 3 is 2.39 bits per heavy atom. The molecule has 4 nitrogen and oxygen atoms in total. The van der Waals surface area contributed by atoms with E-state index < -0.39 is 5.97 Å². The number of benzene rings is 1. The van der Waals surface area contributed by atoms with Crippen LogP contribution in [0.25, 0.3) is 0 Å². The van der Waals surface area contributed by atoms with Crippen molar-refractivity contribution in [3.63, 3.8) is 0 Å². The van der Waals surface area contributed by atoms with Gasteiger partial charge in [0, 0.05) is 6.54 Å². The Kier molecular flexibility index (Phi) is 4.75. The number of hydrogen-bond acceptors (Lipinski definition) is 3. The van der Waals surface area contributed by atoms with Crippen LogP contribution in [0.2, 0.25) is 0 Å². The average Bonchev–Trinajstić information content (AvgIpc) is 2.25. The molecule has 0 bridgehead atoms. The first-order valence-electron chi connectivity index (χ1n) is 5.60. The molecule has 4 heteroatoms. The van der Waals surface area contributed by atoms with Gasteiger partial charge in [0.2, 0.25) is 0 Å². The van der Waals surface area contributed by atoms with E-state index in [-0.39, 0.29) is 18.8 Å². The third kappa shape index (κ3) is 3.79. The second-order valence-electron chi connectivity index (χ2n) is 4.32. The second kappa shape index (κ2) is 6.08. The fraction of sp³-hybridized carbons (Fsp3) is 0.357. The standard InChI is InChI=1S/C14H17NO3/c1-4-5-15(9-13(16)17)8-12-6-10(2)14(18)11(3)7-12/h1,6-7,18H,5,8-9H2,2-3H3,(H,16,17). The summed E-state index contributed by atoms with van der Waals surface area (Å²) in [6, 6.07) is 3.68. The highest BCUT2D eigenvalue weighted by atomic mass is 16.4. The first-order valence-corrected chi connectivity index (χ1v) is 5.60. The number of carbonyl (C=O) groups is 1. The van der Waals surface area contributed by atoms with Crippen LogP contribution in [0, 0.1) is 26.2 Å². The Morgan fingerprint density at radius 1 is 1.39 bits per heavy atom. The van der Waals surface area contributed by atoms with E-state index in [0.717, 1.165) is 16.7 Å². The maximum atomic E-state index is 10.7. The maximum Gasteiger partial charge on any atom is 0.317 e. The number of carboxylic acid groups (broad SMARTS) is 1. The van der Waals surface area contributed by atoms with Gasteiger partial charge in [-0.15, -0.1) is 6.42 Å². The van der Waals surface area contributed by atoms with Crippen LogP contribution in [-0.4, -0.2) is 34.2 Å². The maximum absolute atomic E-state index is 10.7. The minimum absolute atomic E-state index is 0.0941. The third-order valence-electron chi connectivity index (χ3n) is 2.63. The number of hydrogen-bond donors (Lipinski definition) is 2. The van der Waals surface area contributed by atoms with Gasteiger partial charge < -0.3 is 10.2 Å². The predicted octanol–water partition coefficient (Wildman–Crippen LogP) is 1.53. The van der Waals surface area contributed by atoms with Crippen molar-refractivity contribution >= 4 is 5.97 Å². The summed E-state index contributed by atoms with van der Waals surface area (Å²) in [7, 11) is 0. The lowest BCUT2D eigenvalue weighted by Gasteiger charge is -2.18. The molecule has 0 spiro atoms. The first-order chi connectivity index (χ1) is 8.43. The molecule has 0 unspecified atom stereocenters. The summed E-state index contributed by atoms with van der Waals surface area (Å²) < 4.78 is 0. The Balaban J connectivity index is 2.87. The van der Waals surface area contributed by atoms with Crippen LogP contribution < -0.4 is 0 Å². The van der Waals surface area contributed by atoms with Crippen molar-refractivity contribution in [1.29, 1.82) is 0 Å². The molecule has 0 aromatic heterocycles. The zero-order chi connectivity index (χ0) is 13.7. The summed E-state index contributed by atoms with van der Waals surface area (Å²) in [6.07, 6.45) is 5.22. The molecular formula is C14H17NO3. The summed E-state index contributed by atoms with van der Waals surface area (Å²) >= 11 is 0. The number of aliphatic carboxylic acids is 1. The van der Waals surface area contributed by atoms with E-state index in [1.54, 1.807) is 4.90 Å². The molecular weight excluding hydrogens is 230 g/mol. The smallest absolute Gasteiger partial charge is 0.317 e. The van der Waals surface area contributed by atoms with Gasteiger partial charge in [0.25, 0.3) is 0 Å². The molecule has 0 radical (unpaired) electrons. The number of aryl methyl sites for hydroxylation is 2. The summed E-state index contributed by atoms with van der Waals surface area (Å²) in [5.74, 6) is 1.82. The minimum Gasteiger partial charge on any atom is -0.507 e. The lowest BCUT2D eigenvalue weighted by molar-refractivity contribution is -0.138. The number of rotatable bonds is 5. The molecule has 18 heavy (non-hydrogen) atoms. The summed E-state index contributed by atoms with van der Waals surface area (Å²) in [6.45, 7) is 4.27. The highest BCUT2D eigenvalue weighted by Gasteiger charge is 2.11. The van der Waals surface area contributed by atoms with Gasteiger partial charge in [0.15, 0.2) is 0 Å². The van der Waals surface area contributed by atoms with Crippen LogP contribution in [0.4, 0.5) is 0 Å². The monoisotopic (exact) mass is 247 g/mol. The van der Waals surface area contributed by atoms with Gasteiger partial charge in [0.1, 0.15) is 5.75 Å². The molecule has 2 N–H and O–H groups in total. The van der Waals surface area contributed by atoms with Crippen molar-refractivity contribution in [2.45, 2.75) is 20.4 Å². The van der Waals surface area contributed by atoms with Gasteiger partial charge in [-0.05, 0) is 30.5 Å². The summed E-state index contributed by atoms with van der Waals surface area (Å²) in [4.78, 5) is 12.4. The number of carboxylic acids is 1. The van der Waals surface area contributed by atoms with Crippen LogP contribution in [-0.2, 0) is 11.3 Å². The van der Waals surface area contributed by atoms with Gasteiger partial charge >= 0.3 is 5.97 Å². The predicted molar refractivity (Wildman–Crippen MR) is 69.3 cm³/mol. The fourth-order valence-corrected chi connectivity index (χ4v) is 1.88. The molecule has 0 fully saturated rings. The van der Waals surface area contributed by atoms with Gasteiger partial charge in [-0.1, -0.05) is 18.1 Å². The average molecular weight is 247 g/mol. The fourth-order valence-electron chi connectivity index (χ4n) is 1.88. The van der Waals surface area contributed by atoms with Crippen LogP contribution in [0.5, 0.6) is 5.75 Å². The Bertz CT molecular complexity index is 465. The van der Waals surface area contributed by atoms with Crippen LogP contribution in [0.1, 0.15) is 16.7 Å². The molecule has 0 heterocycles. The largest absolute Gasteiger partial charge is 0.507 e. The van der Waals surface area contributed by atoms with E-state index in [2.05, 4.69) is 5.92 Å². The second-order valence-corrected chi connectivity index (χ2v) is 4.32. The minimum atomic E-state index is -0.905. The molecule has 0 aliphatic carbocycles. The van der Waals surface area contributed by atoms with Gasteiger partial charge in [-0.2, -0.15) is 0 Å². The number of terminal acetylenes is 1. The molecule has 0 aliphatic rings. The van der Waals surface area contributed by atoms with Crippen LogP contribution in [0.15, 0.2) is 12.1 Å². The summed E-state index contributed by atoms with van der Waals surface area (Å²) in [5, 5.41) is 18.5. The normalized spacial score (nSPS) is 10.3. The van der Waals surface area contributed by atoms with Crippen molar-refractivity contribution in [2.75, 3.05) is 13.1 Å². The van der Waals surface area contributed by atoms with Gasteiger partial charge in [-0.3, -0.25) is 9.69 Å². The zero-order valence-corrected chi connectivity index (χ0v) is 10.6. The Morgan fingerprint density at radius 2 is 1.94 bits per heavy atom. The van der Waals surface area contributed by atoms with Crippen molar-refractivity contribution in [1.82, 2.24) is 4.90 Å². The molecule has 1 aromatic carbocycles. The number of aromatic hydroxyl groups is 1. The molecule has 0 saturated heterocycles. The zero-order valence-electron chi connectivity index (χ0n) is 10.6. The van der Waals surface area contributed by atoms with E-state index in [4.69, 9.17) is 11.5 Å². The molecule has 0 saturated carbocycles. The number of phenolic OH excluding ortho intramolecular Hbond substituents is 1. The highest BCUT2D eigenvalue weighted by molar-refractivity contribution is 5.69. The lowest BCUT2D eigenvalue weighted by atomic mass is 10.1. The van der Waals surface area contributed by atoms with Crippen molar-refractivity contribution in [2.24, 2.45) is 0 Å². The van der Waals surface area contributed by atoms with E-state index in [9.17, 15) is 9.90 Å². The first kappa shape index (κ1) is 14.1. The van der Waals surface area contributed by atoms with E-state index >= 15 is 0 Å². The van der Waals surface area contributed by atoms with Crippen molar-refractivity contribution in [3.05, 3.63) is 28.8 Å². The topological polar surface area (TPSA) is 60.8 Å². The van der Waals surface area contributed by atoms with Gasteiger partial charge in [0.05, 0.1) is 13.1 Å². The van der Waals surface area contributed by atoms with Gasteiger partial charge in [-0.25, -0.2) is 0 Å². The van der Waals surface area contributed by atoms with E-state index in [1.807, 2.05) is 26.0 Å². The third-order valence-corrected chi connectivity index (χ3v) is 2.63. The van der Waals surface area contributed by atoms with Crippen LogP contribution in [0.3, 0.4) is 0 Å². The van der Waals surface area contributed by atoms with Crippen molar-refractivity contribution in [3.8, 4) is 18.1 Å². The summed E-state index contributed by atoms with van der Waals surface area (Å²) in [5.41, 5.74) is 2.50. The number of nitrogens with zero attached hydrogens (tertiary/aromatic N) is 1. The molecule has 1 rings (SSSR count). The Labute approximate surface area is 107 Å². The SMILES string of the molecule is C#CCN(CC(=O)O)Cc1cc(C)c(O)c(C)c1. The highest BCUT2D eigenvalue weighted by Crippen LogP contribution is 2.23. The van der Waals surface area contributed by atoms with E-state index in [0.29, 0.717) is 6.54 Å².